The highest BCUT2D eigenvalue weighted by Crippen LogP contribution is 2.32. The van der Waals surface area contributed by atoms with Crippen LogP contribution in [0.1, 0.15) is 49.2 Å². The minimum atomic E-state index is -1.08. The van der Waals surface area contributed by atoms with Crippen LogP contribution in [0, 0.1) is 12.8 Å². The number of carbonyl (C=O) groups is 2. The maximum Gasteiger partial charge on any atom is 0.329 e. The molecule has 1 aliphatic carbocycles. The number of carbonyl (C=O) groups excluding carboxylic acids is 1. The van der Waals surface area contributed by atoms with Gasteiger partial charge in [0.15, 0.2) is 0 Å². The van der Waals surface area contributed by atoms with Crippen molar-refractivity contribution in [1.29, 1.82) is 0 Å². The molecule has 1 aromatic heterocycles. The maximum absolute atomic E-state index is 12.2. The molecule has 0 spiro atoms. The number of hydrogen-bond acceptors (Lipinski definition) is 3. The van der Waals surface area contributed by atoms with Gasteiger partial charge in [0.05, 0.1) is 11.8 Å². The number of nitrogens with one attached hydrogen (secondary N) is 1. The van der Waals surface area contributed by atoms with Gasteiger partial charge in [0.1, 0.15) is 5.54 Å². The molecular formula is C14H21N3O3. The number of amides is 1. The quantitative estimate of drug-likeness (QED) is 0.857. The van der Waals surface area contributed by atoms with Crippen LogP contribution < -0.4 is 5.32 Å². The first kappa shape index (κ1) is 14.6. The Morgan fingerprint density at radius 3 is 2.60 bits per heavy atom. The van der Waals surface area contributed by atoms with Gasteiger partial charge in [-0.3, -0.25) is 9.48 Å². The smallest absolute Gasteiger partial charge is 0.329 e. The predicted octanol–water partition coefficient (Wildman–Crippen LogP) is 1.58. The molecule has 2 N–H and O–H groups in total. The second-order valence-corrected chi connectivity index (χ2v) is 5.91. The van der Waals surface area contributed by atoms with Crippen LogP contribution >= 0.6 is 0 Å². The summed E-state index contributed by atoms with van der Waals surface area (Å²) in [6.07, 6.45) is 3.33. The van der Waals surface area contributed by atoms with Gasteiger partial charge in [-0.15, -0.1) is 0 Å². The van der Waals surface area contributed by atoms with Gasteiger partial charge < -0.3 is 10.4 Å². The molecule has 0 aromatic carbocycles. The molecule has 0 bridgehead atoms. The minimum absolute atomic E-state index is 0.348. The summed E-state index contributed by atoms with van der Waals surface area (Å²) in [7, 11) is 0. The molecule has 0 radical (unpaired) electrons. The highest BCUT2D eigenvalue weighted by molar-refractivity contribution is 5.98. The van der Waals surface area contributed by atoms with Gasteiger partial charge in [0.2, 0.25) is 0 Å². The zero-order valence-electron chi connectivity index (χ0n) is 12.1. The van der Waals surface area contributed by atoms with Crippen LogP contribution in [-0.4, -0.2) is 32.3 Å². The average Bonchev–Trinajstić information content (AvgIpc) is 2.64. The maximum atomic E-state index is 12.2. The molecule has 6 nitrogen and oxygen atoms in total. The first-order valence-corrected chi connectivity index (χ1v) is 6.94. The van der Waals surface area contributed by atoms with E-state index in [1.54, 1.807) is 4.68 Å². The fourth-order valence-corrected chi connectivity index (χ4v) is 2.41. The van der Waals surface area contributed by atoms with E-state index in [2.05, 4.69) is 24.3 Å². The lowest BCUT2D eigenvalue weighted by Gasteiger charge is -2.38. The van der Waals surface area contributed by atoms with E-state index in [1.807, 2.05) is 6.92 Å². The zero-order valence-corrected chi connectivity index (χ0v) is 12.1. The van der Waals surface area contributed by atoms with Crippen LogP contribution in [0.3, 0.4) is 0 Å². The topological polar surface area (TPSA) is 84.2 Å². The van der Waals surface area contributed by atoms with Crippen LogP contribution in [0.5, 0.6) is 0 Å². The molecule has 1 aromatic rings. The Labute approximate surface area is 118 Å². The molecule has 6 heteroatoms. The first-order valence-electron chi connectivity index (χ1n) is 6.94. The Hall–Kier alpha value is -1.85. The van der Waals surface area contributed by atoms with Crippen molar-refractivity contribution >= 4 is 11.9 Å². The normalized spacial score (nSPS) is 16.8. The molecule has 110 valence electrons. The number of carboxylic acid groups (broad SMARTS) is 1. The molecule has 1 amide bonds. The van der Waals surface area contributed by atoms with E-state index in [4.69, 9.17) is 0 Å². The zero-order chi connectivity index (χ0) is 14.9. The summed E-state index contributed by atoms with van der Waals surface area (Å²) < 4.78 is 1.79. The lowest BCUT2D eigenvalue weighted by Crippen LogP contribution is -2.59. The van der Waals surface area contributed by atoms with E-state index in [9.17, 15) is 14.7 Å². The van der Waals surface area contributed by atoms with Crippen LogP contribution in [0.2, 0.25) is 0 Å². The van der Waals surface area contributed by atoms with E-state index in [0.717, 1.165) is 18.7 Å². The van der Waals surface area contributed by atoms with Crippen molar-refractivity contribution in [3.05, 3.63) is 17.5 Å². The van der Waals surface area contributed by atoms with Crippen molar-refractivity contribution in [2.75, 3.05) is 0 Å². The molecule has 2 rings (SSSR count). The van der Waals surface area contributed by atoms with Crippen molar-refractivity contribution in [3.63, 3.8) is 0 Å². The fourth-order valence-electron chi connectivity index (χ4n) is 2.41. The molecule has 1 aliphatic rings. The third kappa shape index (κ3) is 2.55. The van der Waals surface area contributed by atoms with Crippen molar-refractivity contribution < 1.29 is 14.7 Å². The average molecular weight is 279 g/mol. The Morgan fingerprint density at radius 2 is 2.15 bits per heavy atom. The molecule has 0 atom stereocenters. The Morgan fingerprint density at radius 1 is 1.50 bits per heavy atom. The van der Waals surface area contributed by atoms with Crippen LogP contribution in [-0.2, 0) is 11.3 Å². The van der Waals surface area contributed by atoms with E-state index in [1.165, 1.54) is 6.20 Å². The second kappa shape index (κ2) is 5.26. The highest BCUT2D eigenvalue weighted by Gasteiger charge is 2.46. The largest absolute Gasteiger partial charge is 0.480 e. The molecule has 1 fully saturated rings. The molecular weight excluding hydrogens is 258 g/mol. The fraction of sp³-hybridized carbons (Fsp3) is 0.643. The number of aliphatic carboxylic acids is 1. The number of carboxylic acids is 1. The van der Waals surface area contributed by atoms with Crippen LogP contribution in [0.15, 0.2) is 6.20 Å². The monoisotopic (exact) mass is 279 g/mol. The summed E-state index contributed by atoms with van der Waals surface area (Å²) in [5.74, 6) is -0.870. The number of hydrogen-bond donors (Lipinski definition) is 2. The van der Waals surface area contributed by atoms with E-state index >= 15 is 0 Å². The van der Waals surface area contributed by atoms with Gasteiger partial charge in [-0.25, -0.2) is 4.79 Å². The van der Waals surface area contributed by atoms with Gasteiger partial charge in [-0.2, -0.15) is 5.10 Å². The minimum Gasteiger partial charge on any atom is -0.480 e. The lowest BCUT2D eigenvalue weighted by molar-refractivity contribution is -0.148. The van der Waals surface area contributed by atoms with Crippen molar-refractivity contribution in [2.45, 2.75) is 52.1 Å². The Bertz CT molecular complexity index is 530. The van der Waals surface area contributed by atoms with Gasteiger partial charge >= 0.3 is 5.97 Å². The molecule has 0 aliphatic heterocycles. The van der Waals surface area contributed by atoms with Gasteiger partial charge in [0.25, 0.3) is 5.91 Å². The molecule has 1 saturated carbocycles. The Kier molecular flexibility index (Phi) is 3.83. The van der Waals surface area contributed by atoms with E-state index in [0.29, 0.717) is 24.3 Å². The molecule has 1 heterocycles. The second-order valence-electron chi connectivity index (χ2n) is 5.91. The first-order chi connectivity index (χ1) is 9.35. The van der Waals surface area contributed by atoms with Crippen molar-refractivity contribution in [1.82, 2.24) is 15.1 Å². The lowest BCUT2D eigenvalue weighted by atomic mass is 9.76. The molecule has 0 unspecified atom stereocenters. The van der Waals surface area contributed by atoms with Crippen LogP contribution in [0.25, 0.3) is 0 Å². The summed E-state index contributed by atoms with van der Waals surface area (Å²) >= 11 is 0. The third-order valence-corrected chi connectivity index (χ3v) is 3.86. The van der Waals surface area contributed by atoms with Gasteiger partial charge in [0, 0.05) is 12.2 Å². The van der Waals surface area contributed by atoms with E-state index in [-0.39, 0.29) is 5.91 Å². The van der Waals surface area contributed by atoms with Crippen molar-refractivity contribution in [3.8, 4) is 0 Å². The summed E-state index contributed by atoms with van der Waals surface area (Å²) in [6.45, 7) is 6.73. The Balaban J connectivity index is 2.14. The third-order valence-electron chi connectivity index (χ3n) is 3.86. The summed E-state index contributed by atoms with van der Waals surface area (Å²) in [5, 5.41) is 16.1. The SMILES string of the molecule is Cc1c(C(=O)NC2(C(=O)O)CCC2)cnn1CC(C)C. The summed E-state index contributed by atoms with van der Waals surface area (Å²) in [4.78, 5) is 23.5. The number of rotatable bonds is 5. The summed E-state index contributed by atoms with van der Waals surface area (Å²) in [5.41, 5.74) is 0.151. The number of aromatic nitrogens is 2. The van der Waals surface area contributed by atoms with E-state index < -0.39 is 11.5 Å². The predicted molar refractivity (Wildman–Crippen MR) is 73.5 cm³/mol. The molecule has 0 saturated heterocycles. The number of nitrogens with zero attached hydrogens (tertiary/aromatic N) is 2. The van der Waals surface area contributed by atoms with Crippen molar-refractivity contribution in [2.24, 2.45) is 5.92 Å². The standard InChI is InChI=1S/C14H21N3O3/c1-9(2)8-17-10(3)11(7-15-17)12(18)16-14(13(19)20)5-4-6-14/h7,9H,4-6,8H2,1-3H3,(H,16,18)(H,19,20). The summed E-state index contributed by atoms with van der Waals surface area (Å²) in [6, 6.07) is 0. The van der Waals surface area contributed by atoms with Gasteiger partial charge in [-0.1, -0.05) is 13.8 Å². The highest BCUT2D eigenvalue weighted by atomic mass is 16.4. The van der Waals surface area contributed by atoms with Crippen LogP contribution in [0.4, 0.5) is 0 Å². The molecule has 20 heavy (non-hydrogen) atoms. The van der Waals surface area contributed by atoms with Gasteiger partial charge in [-0.05, 0) is 32.1 Å².